The van der Waals surface area contributed by atoms with Crippen LogP contribution in [0.5, 0.6) is 11.5 Å². The van der Waals surface area contributed by atoms with Gasteiger partial charge in [0.15, 0.2) is 0 Å². The molecular weight excluding hydrogens is 382 g/mol. The minimum absolute atomic E-state index is 0.0206. The van der Waals surface area contributed by atoms with E-state index in [1.54, 1.807) is 14.2 Å². The van der Waals surface area contributed by atoms with Gasteiger partial charge >= 0.3 is 0 Å². The summed E-state index contributed by atoms with van der Waals surface area (Å²) in [7, 11) is 3.40. The number of hydrogen-bond acceptors (Lipinski definition) is 3. The fraction of sp³-hybridized carbons (Fsp3) is 0.143. The smallest absolute Gasteiger partial charge is 0.119 e. The third kappa shape index (κ3) is 4.96. The van der Waals surface area contributed by atoms with Gasteiger partial charge in [0.25, 0.3) is 0 Å². The van der Waals surface area contributed by atoms with Gasteiger partial charge in [-0.15, -0.1) is 0 Å². The first-order valence-electron chi connectivity index (χ1n) is 10.4. The Morgan fingerprint density at radius 1 is 0.484 bits per heavy atom. The monoisotopic (exact) mass is 409 g/mol. The van der Waals surface area contributed by atoms with E-state index in [1.807, 2.05) is 36.4 Å². The minimum Gasteiger partial charge on any atom is -0.497 e. The van der Waals surface area contributed by atoms with E-state index in [9.17, 15) is 0 Å². The predicted molar refractivity (Wildman–Crippen MR) is 126 cm³/mol. The largest absolute Gasteiger partial charge is 0.497 e. The molecule has 3 heteroatoms. The van der Waals surface area contributed by atoms with Crippen LogP contribution in [0.1, 0.15) is 34.3 Å². The van der Waals surface area contributed by atoms with Gasteiger partial charge in [0, 0.05) is 0 Å². The average molecular weight is 410 g/mol. The number of nitrogens with one attached hydrogen (secondary N) is 1. The van der Waals surface area contributed by atoms with Gasteiger partial charge in [0.1, 0.15) is 11.5 Å². The third-order valence-corrected chi connectivity index (χ3v) is 5.45. The molecule has 3 nitrogen and oxygen atoms in total. The molecule has 4 aromatic carbocycles. The Hall–Kier alpha value is -3.56. The topological polar surface area (TPSA) is 30.5 Å². The third-order valence-electron chi connectivity index (χ3n) is 5.45. The second-order valence-corrected chi connectivity index (χ2v) is 7.41. The van der Waals surface area contributed by atoms with Crippen molar-refractivity contribution in [3.8, 4) is 11.5 Å². The number of methoxy groups -OCH3 is 2. The molecule has 0 bridgehead atoms. The van der Waals surface area contributed by atoms with Gasteiger partial charge in [-0.2, -0.15) is 0 Å². The molecule has 0 aliphatic rings. The van der Waals surface area contributed by atoms with Gasteiger partial charge in [-0.3, -0.25) is 5.32 Å². The molecule has 4 rings (SSSR count). The van der Waals surface area contributed by atoms with Gasteiger partial charge in [0.05, 0.1) is 26.3 Å². The van der Waals surface area contributed by atoms with Crippen molar-refractivity contribution >= 4 is 0 Å². The first-order chi connectivity index (χ1) is 15.3. The van der Waals surface area contributed by atoms with Crippen molar-refractivity contribution in [1.82, 2.24) is 5.32 Å². The number of ether oxygens (including phenoxy) is 2. The van der Waals surface area contributed by atoms with Crippen LogP contribution in [0.3, 0.4) is 0 Å². The summed E-state index contributed by atoms with van der Waals surface area (Å²) in [4.78, 5) is 0. The van der Waals surface area contributed by atoms with Crippen LogP contribution in [0.15, 0.2) is 109 Å². The Bertz CT molecular complexity index is 1010. The Morgan fingerprint density at radius 2 is 0.871 bits per heavy atom. The van der Waals surface area contributed by atoms with Gasteiger partial charge in [-0.1, -0.05) is 84.9 Å². The van der Waals surface area contributed by atoms with Crippen molar-refractivity contribution in [3.63, 3.8) is 0 Å². The highest BCUT2D eigenvalue weighted by atomic mass is 16.5. The molecule has 0 spiro atoms. The highest BCUT2D eigenvalue weighted by molar-refractivity contribution is 5.41. The van der Waals surface area contributed by atoms with E-state index in [2.05, 4.69) is 78.1 Å². The molecule has 2 atom stereocenters. The molecule has 0 aromatic heterocycles. The molecule has 0 saturated heterocycles. The number of rotatable bonds is 8. The highest BCUT2D eigenvalue weighted by Crippen LogP contribution is 2.32. The summed E-state index contributed by atoms with van der Waals surface area (Å²) >= 11 is 0. The lowest BCUT2D eigenvalue weighted by Gasteiger charge is -2.28. The second-order valence-electron chi connectivity index (χ2n) is 7.41. The molecule has 0 fully saturated rings. The second kappa shape index (κ2) is 9.96. The summed E-state index contributed by atoms with van der Waals surface area (Å²) < 4.78 is 11.0. The van der Waals surface area contributed by atoms with Crippen LogP contribution in [0, 0.1) is 0 Å². The molecule has 156 valence electrons. The highest BCUT2D eigenvalue weighted by Gasteiger charge is 2.22. The van der Waals surface area contributed by atoms with E-state index in [0.29, 0.717) is 0 Å². The van der Waals surface area contributed by atoms with Crippen LogP contribution in [-0.4, -0.2) is 14.2 Å². The van der Waals surface area contributed by atoms with Gasteiger partial charge < -0.3 is 9.47 Å². The molecule has 0 saturated carbocycles. The zero-order valence-corrected chi connectivity index (χ0v) is 17.9. The van der Waals surface area contributed by atoms with E-state index < -0.39 is 0 Å². The van der Waals surface area contributed by atoms with E-state index in [4.69, 9.17) is 9.47 Å². The molecule has 31 heavy (non-hydrogen) atoms. The van der Waals surface area contributed by atoms with Gasteiger partial charge in [0.2, 0.25) is 0 Å². The zero-order chi connectivity index (χ0) is 21.5. The van der Waals surface area contributed by atoms with Crippen LogP contribution in [-0.2, 0) is 0 Å². The maximum absolute atomic E-state index is 5.50. The summed E-state index contributed by atoms with van der Waals surface area (Å²) in [5.41, 5.74) is 4.68. The Kier molecular flexibility index (Phi) is 6.65. The van der Waals surface area contributed by atoms with Crippen molar-refractivity contribution in [3.05, 3.63) is 131 Å². The standard InChI is InChI=1S/C28H27NO2/c1-30-25-17-9-15-23(19-25)27(21-11-5-3-6-12-21)29-28(22-13-7-4-8-14-22)24-16-10-18-26(20-24)31-2/h3-20,27-29H,1-2H3/t27-,28-/m1/s1. The van der Waals surface area contributed by atoms with Gasteiger partial charge in [-0.05, 0) is 46.5 Å². The van der Waals surface area contributed by atoms with E-state index in [-0.39, 0.29) is 12.1 Å². The van der Waals surface area contributed by atoms with Crippen LogP contribution in [0.2, 0.25) is 0 Å². The van der Waals surface area contributed by atoms with Crippen LogP contribution in [0.25, 0.3) is 0 Å². The SMILES string of the molecule is COc1cccc([C@H](N[C@H](c2ccccc2)c2cccc(OC)c2)c2ccccc2)c1. The summed E-state index contributed by atoms with van der Waals surface area (Å²) in [6.07, 6.45) is 0. The molecule has 0 radical (unpaired) electrons. The summed E-state index contributed by atoms with van der Waals surface area (Å²) in [6.45, 7) is 0. The first-order valence-corrected chi connectivity index (χ1v) is 10.4. The van der Waals surface area contributed by atoms with Crippen molar-refractivity contribution in [1.29, 1.82) is 0 Å². The molecule has 0 aliphatic carbocycles. The molecule has 4 aromatic rings. The number of benzene rings is 4. The van der Waals surface area contributed by atoms with Crippen molar-refractivity contribution in [2.45, 2.75) is 12.1 Å². The molecule has 0 heterocycles. The van der Waals surface area contributed by atoms with E-state index >= 15 is 0 Å². The lowest BCUT2D eigenvalue weighted by Crippen LogP contribution is -2.28. The molecule has 0 unspecified atom stereocenters. The molecular formula is C28H27NO2. The van der Waals surface area contributed by atoms with Crippen molar-refractivity contribution in [2.24, 2.45) is 0 Å². The normalized spacial score (nSPS) is 12.7. The fourth-order valence-corrected chi connectivity index (χ4v) is 3.87. The first kappa shape index (κ1) is 20.7. The lowest BCUT2D eigenvalue weighted by molar-refractivity contribution is 0.412. The maximum atomic E-state index is 5.50. The Labute approximate surface area is 184 Å². The Balaban J connectivity index is 1.80. The number of hydrogen-bond donors (Lipinski definition) is 1. The zero-order valence-electron chi connectivity index (χ0n) is 17.9. The van der Waals surface area contributed by atoms with Gasteiger partial charge in [-0.25, -0.2) is 0 Å². The van der Waals surface area contributed by atoms with Crippen molar-refractivity contribution in [2.75, 3.05) is 14.2 Å². The summed E-state index contributed by atoms with van der Waals surface area (Å²) in [5, 5.41) is 3.91. The maximum Gasteiger partial charge on any atom is 0.119 e. The van der Waals surface area contributed by atoms with Crippen LogP contribution >= 0.6 is 0 Å². The quantitative estimate of drug-likeness (QED) is 0.377. The minimum atomic E-state index is -0.0206. The van der Waals surface area contributed by atoms with E-state index in [0.717, 1.165) is 22.6 Å². The fourth-order valence-electron chi connectivity index (χ4n) is 3.87. The summed E-state index contributed by atoms with van der Waals surface area (Å²) in [6, 6.07) is 37.5. The lowest BCUT2D eigenvalue weighted by atomic mass is 9.93. The Morgan fingerprint density at radius 3 is 1.26 bits per heavy atom. The van der Waals surface area contributed by atoms with E-state index in [1.165, 1.54) is 11.1 Å². The average Bonchev–Trinajstić information content (AvgIpc) is 2.86. The molecule has 0 amide bonds. The molecule has 1 N–H and O–H groups in total. The summed E-state index contributed by atoms with van der Waals surface area (Å²) in [5.74, 6) is 1.69. The van der Waals surface area contributed by atoms with Crippen LogP contribution < -0.4 is 14.8 Å². The molecule has 0 aliphatic heterocycles. The predicted octanol–water partition coefficient (Wildman–Crippen LogP) is 6.17. The van der Waals surface area contributed by atoms with Crippen molar-refractivity contribution < 1.29 is 9.47 Å². The van der Waals surface area contributed by atoms with Crippen LogP contribution in [0.4, 0.5) is 0 Å².